The number of aryl methyl sites for hydroxylation is 1. The van der Waals surface area contributed by atoms with Gasteiger partial charge in [0.15, 0.2) is 0 Å². The number of morpholine rings is 1. The van der Waals surface area contributed by atoms with Gasteiger partial charge in [-0.2, -0.15) is 0 Å². The Hall–Kier alpha value is -3.38. The first-order valence-electron chi connectivity index (χ1n) is 11.5. The van der Waals surface area contributed by atoms with E-state index in [1.807, 2.05) is 71.8 Å². The Kier molecular flexibility index (Phi) is 7.25. The highest BCUT2D eigenvalue weighted by Crippen LogP contribution is 2.33. The summed E-state index contributed by atoms with van der Waals surface area (Å²) in [6.45, 7) is 7.17. The molecule has 0 unspecified atom stereocenters. The van der Waals surface area contributed by atoms with Gasteiger partial charge in [-0.15, -0.1) is 0 Å². The Labute approximate surface area is 195 Å². The highest BCUT2D eigenvalue weighted by atomic mass is 16.5. The second-order valence-electron chi connectivity index (χ2n) is 8.58. The molecule has 172 valence electrons. The minimum absolute atomic E-state index is 0.109. The molecule has 1 saturated heterocycles. The number of carbonyl (C=O) groups excluding carboxylic acids is 2. The molecule has 6 heteroatoms. The molecular weight excluding hydrogens is 414 g/mol. The third-order valence-corrected chi connectivity index (χ3v) is 5.94. The van der Waals surface area contributed by atoms with Crippen LogP contribution < -0.4 is 5.32 Å². The van der Waals surface area contributed by atoms with E-state index in [2.05, 4.69) is 23.7 Å². The Morgan fingerprint density at radius 3 is 2.24 bits per heavy atom. The molecule has 2 aromatic carbocycles. The maximum Gasteiger partial charge on any atom is 0.258 e. The third-order valence-electron chi connectivity index (χ3n) is 5.94. The predicted molar refractivity (Wildman–Crippen MR) is 130 cm³/mol. The molecule has 0 atom stereocenters. The normalized spacial score (nSPS) is 13.8. The zero-order valence-corrected chi connectivity index (χ0v) is 19.3. The van der Waals surface area contributed by atoms with Crippen molar-refractivity contribution in [2.24, 2.45) is 0 Å². The molecule has 2 heterocycles. The van der Waals surface area contributed by atoms with E-state index in [0.717, 1.165) is 22.5 Å². The SMILES string of the molecule is CC(C)c1c(C(=O)Nc2ccccc2)c(-c2ccccc2)cn1CCC(=O)N1CCOCC1. The zero-order chi connectivity index (χ0) is 23.2. The number of rotatable bonds is 7. The first kappa shape index (κ1) is 22.8. The quantitative estimate of drug-likeness (QED) is 0.569. The van der Waals surface area contributed by atoms with Crippen LogP contribution in [0, 0.1) is 0 Å². The van der Waals surface area contributed by atoms with Crippen molar-refractivity contribution in [3.8, 4) is 11.1 Å². The lowest BCUT2D eigenvalue weighted by Gasteiger charge is -2.27. The first-order valence-corrected chi connectivity index (χ1v) is 11.5. The fourth-order valence-corrected chi connectivity index (χ4v) is 4.35. The Bertz CT molecular complexity index is 1080. The minimum atomic E-state index is -0.137. The third kappa shape index (κ3) is 5.34. The number of hydrogen-bond acceptors (Lipinski definition) is 3. The summed E-state index contributed by atoms with van der Waals surface area (Å²) in [6, 6.07) is 19.4. The lowest BCUT2D eigenvalue weighted by Crippen LogP contribution is -2.41. The van der Waals surface area contributed by atoms with Gasteiger partial charge in [-0.3, -0.25) is 9.59 Å². The van der Waals surface area contributed by atoms with E-state index in [4.69, 9.17) is 4.74 Å². The molecule has 6 nitrogen and oxygen atoms in total. The number of ether oxygens (including phenoxy) is 1. The summed E-state index contributed by atoms with van der Waals surface area (Å²) < 4.78 is 7.45. The summed E-state index contributed by atoms with van der Waals surface area (Å²) in [5.41, 5.74) is 4.23. The van der Waals surface area contributed by atoms with Crippen LogP contribution in [-0.4, -0.2) is 47.6 Å². The van der Waals surface area contributed by atoms with Crippen molar-refractivity contribution in [3.05, 3.63) is 78.1 Å². The van der Waals surface area contributed by atoms with Crippen LogP contribution in [0.4, 0.5) is 5.69 Å². The van der Waals surface area contributed by atoms with E-state index in [1.165, 1.54) is 0 Å². The molecule has 0 bridgehead atoms. The van der Waals surface area contributed by atoms with Crippen LogP contribution in [0.1, 0.15) is 42.2 Å². The van der Waals surface area contributed by atoms with E-state index in [-0.39, 0.29) is 17.7 Å². The van der Waals surface area contributed by atoms with Crippen molar-refractivity contribution in [2.45, 2.75) is 32.7 Å². The van der Waals surface area contributed by atoms with E-state index < -0.39 is 0 Å². The average molecular weight is 446 g/mol. The zero-order valence-electron chi connectivity index (χ0n) is 19.3. The molecule has 4 rings (SSSR count). The first-order chi connectivity index (χ1) is 16.0. The summed E-state index contributed by atoms with van der Waals surface area (Å²) in [6.07, 6.45) is 2.42. The fourth-order valence-electron chi connectivity index (χ4n) is 4.35. The molecule has 1 aliphatic rings. The Morgan fingerprint density at radius 2 is 1.61 bits per heavy atom. The van der Waals surface area contributed by atoms with Crippen LogP contribution in [0.25, 0.3) is 11.1 Å². The van der Waals surface area contributed by atoms with Crippen molar-refractivity contribution < 1.29 is 14.3 Å². The monoisotopic (exact) mass is 445 g/mol. The average Bonchev–Trinajstić information content (AvgIpc) is 3.24. The smallest absolute Gasteiger partial charge is 0.258 e. The second-order valence-corrected chi connectivity index (χ2v) is 8.58. The van der Waals surface area contributed by atoms with Crippen LogP contribution >= 0.6 is 0 Å². The summed E-state index contributed by atoms with van der Waals surface area (Å²) in [7, 11) is 0. The van der Waals surface area contributed by atoms with Crippen molar-refractivity contribution in [1.29, 1.82) is 0 Å². The molecule has 0 spiro atoms. The van der Waals surface area contributed by atoms with Crippen LogP contribution in [0.3, 0.4) is 0 Å². The molecule has 0 saturated carbocycles. The van der Waals surface area contributed by atoms with Gasteiger partial charge < -0.3 is 19.5 Å². The Morgan fingerprint density at radius 1 is 0.970 bits per heavy atom. The fraction of sp³-hybridized carbons (Fsp3) is 0.333. The molecule has 1 N–H and O–H groups in total. The van der Waals surface area contributed by atoms with Gasteiger partial charge in [-0.25, -0.2) is 0 Å². The molecule has 33 heavy (non-hydrogen) atoms. The van der Waals surface area contributed by atoms with Gasteiger partial charge in [0.1, 0.15) is 0 Å². The Balaban J connectivity index is 1.67. The van der Waals surface area contributed by atoms with Crippen LogP contribution in [0.15, 0.2) is 66.9 Å². The van der Waals surface area contributed by atoms with Crippen LogP contribution in [0.5, 0.6) is 0 Å². The number of benzene rings is 2. The van der Waals surface area contributed by atoms with Crippen molar-refractivity contribution in [3.63, 3.8) is 0 Å². The number of anilines is 1. The maximum absolute atomic E-state index is 13.5. The lowest BCUT2D eigenvalue weighted by molar-refractivity contribution is -0.135. The molecular formula is C27H31N3O3. The molecule has 1 fully saturated rings. The number of aromatic nitrogens is 1. The van der Waals surface area contributed by atoms with Crippen molar-refractivity contribution >= 4 is 17.5 Å². The standard InChI is InChI=1S/C27H31N3O3/c1-20(2)26-25(27(32)28-22-11-7-4-8-12-22)23(21-9-5-3-6-10-21)19-30(26)14-13-24(31)29-15-17-33-18-16-29/h3-12,19-20H,13-18H2,1-2H3,(H,28,32). The molecule has 3 aromatic rings. The number of hydrogen-bond donors (Lipinski definition) is 1. The van der Waals surface area contributed by atoms with Gasteiger partial charge in [0, 0.05) is 49.2 Å². The summed E-state index contributed by atoms with van der Waals surface area (Å²) in [5.74, 6) is 0.0951. The van der Waals surface area contributed by atoms with Gasteiger partial charge in [-0.05, 0) is 23.6 Å². The molecule has 0 radical (unpaired) electrons. The number of amides is 2. The maximum atomic E-state index is 13.5. The minimum Gasteiger partial charge on any atom is -0.378 e. The van der Waals surface area contributed by atoms with E-state index >= 15 is 0 Å². The summed E-state index contributed by atoms with van der Waals surface area (Å²) in [5, 5.41) is 3.05. The van der Waals surface area contributed by atoms with Crippen molar-refractivity contribution in [2.75, 3.05) is 31.6 Å². The highest BCUT2D eigenvalue weighted by molar-refractivity contribution is 6.10. The van der Waals surface area contributed by atoms with E-state index in [9.17, 15) is 9.59 Å². The van der Waals surface area contributed by atoms with Gasteiger partial charge in [0.25, 0.3) is 5.91 Å². The van der Waals surface area contributed by atoms with Gasteiger partial charge in [-0.1, -0.05) is 62.4 Å². The summed E-state index contributed by atoms with van der Waals surface area (Å²) in [4.78, 5) is 28.2. The van der Waals surface area contributed by atoms with E-state index in [1.54, 1.807) is 0 Å². The van der Waals surface area contributed by atoms with Gasteiger partial charge in [0.2, 0.25) is 5.91 Å². The number of para-hydroxylation sites is 1. The predicted octanol–water partition coefficient (Wildman–Crippen LogP) is 4.78. The molecule has 1 aliphatic heterocycles. The van der Waals surface area contributed by atoms with Crippen LogP contribution in [0.2, 0.25) is 0 Å². The van der Waals surface area contributed by atoms with Gasteiger partial charge >= 0.3 is 0 Å². The number of nitrogens with zero attached hydrogens (tertiary/aromatic N) is 2. The highest BCUT2D eigenvalue weighted by Gasteiger charge is 2.26. The van der Waals surface area contributed by atoms with Gasteiger partial charge in [0.05, 0.1) is 18.8 Å². The molecule has 1 aromatic heterocycles. The molecule has 0 aliphatic carbocycles. The molecule has 2 amide bonds. The van der Waals surface area contributed by atoms with Crippen molar-refractivity contribution in [1.82, 2.24) is 9.47 Å². The van der Waals surface area contributed by atoms with E-state index in [0.29, 0.717) is 44.8 Å². The largest absolute Gasteiger partial charge is 0.378 e. The number of nitrogens with one attached hydrogen (secondary N) is 1. The second kappa shape index (κ2) is 10.5. The summed E-state index contributed by atoms with van der Waals surface area (Å²) >= 11 is 0. The topological polar surface area (TPSA) is 63.6 Å². The number of carbonyl (C=O) groups is 2. The lowest BCUT2D eigenvalue weighted by atomic mass is 9.98. The van der Waals surface area contributed by atoms with Crippen LogP contribution in [-0.2, 0) is 16.1 Å².